The second kappa shape index (κ2) is 6.62. The van der Waals surface area contributed by atoms with Gasteiger partial charge in [-0.1, -0.05) is 13.0 Å². The number of carbonyl (C=O) groups excluding carboxylic acids is 1. The Balaban J connectivity index is 2.51. The molecule has 0 fully saturated rings. The Morgan fingerprint density at radius 2 is 2.44 bits per heavy atom. The number of nitrogens with one attached hydrogen (secondary N) is 1. The van der Waals surface area contributed by atoms with Gasteiger partial charge in [-0.2, -0.15) is 0 Å². The van der Waals surface area contributed by atoms with E-state index in [1.807, 2.05) is 24.4 Å². The standard InChI is InChI=1S/C11H18N2O2S/c1-3-8(7-15-2)13-11(14)10(12)9-5-4-6-16-9/h4-6,8,10H,3,7,12H2,1-2H3,(H,13,14). The molecule has 2 unspecified atom stereocenters. The van der Waals surface area contributed by atoms with Crippen molar-refractivity contribution in [3.8, 4) is 0 Å². The number of ether oxygens (including phenoxy) is 1. The van der Waals surface area contributed by atoms with Crippen LogP contribution in [0, 0.1) is 0 Å². The highest BCUT2D eigenvalue weighted by molar-refractivity contribution is 7.10. The molecular weight excluding hydrogens is 224 g/mol. The molecule has 3 N–H and O–H groups in total. The summed E-state index contributed by atoms with van der Waals surface area (Å²) >= 11 is 1.49. The summed E-state index contributed by atoms with van der Waals surface area (Å²) in [4.78, 5) is 12.7. The lowest BCUT2D eigenvalue weighted by molar-refractivity contribution is -0.123. The Hall–Kier alpha value is -0.910. The molecule has 0 aliphatic heterocycles. The van der Waals surface area contributed by atoms with Gasteiger partial charge in [0, 0.05) is 12.0 Å². The average molecular weight is 242 g/mol. The third-order valence-corrected chi connectivity index (χ3v) is 3.29. The van der Waals surface area contributed by atoms with E-state index in [0.29, 0.717) is 6.61 Å². The van der Waals surface area contributed by atoms with Gasteiger partial charge in [0.05, 0.1) is 12.6 Å². The first-order chi connectivity index (χ1) is 7.69. The minimum absolute atomic E-state index is 0.0310. The average Bonchev–Trinajstić information content (AvgIpc) is 2.80. The number of amides is 1. The molecule has 1 aromatic rings. The van der Waals surface area contributed by atoms with E-state index in [9.17, 15) is 4.79 Å². The topological polar surface area (TPSA) is 64.3 Å². The predicted octanol–water partition coefficient (Wildman–Crippen LogP) is 1.29. The lowest BCUT2D eigenvalue weighted by Crippen LogP contribution is -2.42. The summed E-state index contributed by atoms with van der Waals surface area (Å²) in [5.41, 5.74) is 5.84. The molecule has 0 bridgehead atoms. The number of nitrogens with two attached hydrogens (primary N) is 1. The van der Waals surface area contributed by atoms with Crippen LogP contribution < -0.4 is 11.1 Å². The lowest BCUT2D eigenvalue weighted by Gasteiger charge is -2.18. The fourth-order valence-electron chi connectivity index (χ4n) is 1.35. The van der Waals surface area contributed by atoms with Gasteiger partial charge in [-0.05, 0) is 17.9 Å². The zero-order valence-corrected chi connectivity index (χ0v) is 10.4. The van der Waals surface area contributed by atoms with E-state index in [0.717, 1.165) is 11.3 Å². The molecule has 0 aliphatic carbocycles. The zero-order valence-electron chi connectivity index (χ0n) is 9.60. The highest BCUT2D eigenvalue weighted by Gasteiger charge is 2.19. The van der Waals surface area contributed by atoms with Gasteiger partial charge in [0.2, 0.25) is 5.91 Å². The van der Waals surface area contributed by atoms with E-state index in [4.69, 9.17) is 10.5 Å². The highest BCUT2D eigenvalue weighted by Crippen LogP contribution is 2.16. The monoisotopic (exact) mass is 242 g/mol. The van der Waals surface area contributed by atoms with Crippen molar-refractivity contribution in [3.05, 3.63) is 22.4 Å². The van der Waals surface area contributed by atoms with Crippen molar-refractivity contribution in [2.45, 2.75) is 25.4 Å². The highest BCUT2D eigenvalue weighted by atomic mass is 32.1. The fraction of sp³-hybridized carbons (Fsp3) is 0.545. The van der Waals surface area contributed by atoms with Crippen LogP contribution in [0.5, 0.6) is 0 Å². The van der Waals surface area contributed by atoms with E-state index in [2.05, 4.69) is 5.32 Å². The van der Waals surface area contributed by atoms with E-state index < -0.39 is 6.04 Å². The quantitative estimate of drug-likeness (QED) is 0.790. The summed E-state index contributed by atoms with van der Waals surface area (Å²) in [6.45, 7) is 2.51. The Labute approximate surface area is 99.8 Å². The second-order valence-electron chi connectivity index (χ2n) is 3.56. The molecule has 1 aromatic heterocycles. The molecule has 1 rings (SSSR count). The van der Waals surface area contributed by atoms with E-state index >= 15 is 0 Å². The van der Waals surface area contributed by atoms with Gasteiger partial charge in [-0.15, -0.1) is 11.3 Å². The van der Waals surface area contributed by atoms with Crippen LogP contribution in [0.3, 0.4) is 0 Å². The minimum Gasteiger partial charge on any atom is -0.383 e. The van der Waals surface area contributed by atoms with Crippen molar-refractivity contribution in [2.75, 3.05) is 13.7 Å². The molecule has 0 saturated carbocycles. The summed E-state index contributed by atoms with van der Waals surface area (Å²) in [5.74, 6) is -0.147. The van der Waals surface area contributed by atoms with Crippen LogP contribution in [0.25, 0.3) is 0 Å². The smallest absolute Gasteiger partial charge is 0.242 e. The first kappa shape index (κ1) is 13.2. The Morgan fingerprint density at radius 3 is 2.94 bits per heavy atom. The maximum Gasteiger partial charge on any atom is 0.242 e. The van der Waals surface area contributed by atoms with Crippen molar-refractivity contribution in [3.63, 3.8) is 0 Å². The van der Waals surface area contributed by atoms with Crippen LogP contribution in [0.4, 0.5) is 0 Å². The lowest BCUT2D eigenvalue weighted by atomic mass is 10.2. The summed E-state index contributed by atoms with van der Waals surface area (Å²) in [6, 6.07) is 3.21. The van der Waals surface area contributed by atoms with E-state index in [-0.39, 0.29) is 11.9 Å². The van der Waals surface area contributed by atoms with Crippen LogP contribution in [0.1, 0.15) is 24.3 Å². The molecule has 0 aromatic carbocycles. The van der Waals surface area contributed by atoms with Crippen molar-refractivity contribution in [1.82, 2.24) is 5.32 Å². The maximum absolute atomic E-state index is 11.8. The van der Waals surface area contributed by atoms with Gasteiger partial charge in [-0.25, -0.2) is 0 Å². The number of rotatable bonds is 6. The first-order valence-electron chi connectivity index (χ1n) is 5.27. The molecule has 5 heteroatoms. The zero-order chi connectivity index (χ0) is 12.0. The van der Waals surface area contributed by atoms with Gasteiger partial charge < -0.3 is 15.8 Å². The van der Waals surface area contributed by atoms with Gasteiger partial charge in [-0.3, -0.25) is 4.79 Å². The molecule has 0 radical (unpaired) electrons. The number of carbonyl (C=O) groups is 1. The van der Waals surface area contributed by atoms with Crippen LogP contribution in [0.2, 0.25) is 0 Å². The van der Waals surface area contributed by atoms with Gasteiger partial charge >= 0.3 is 0 Å². The molecule has 16 heavy (non-hydrogen) atoms. The summed E-state index contributed by atoms with van der Waals surface area (Å²) < 4.78 is 5.01. The fourth-order valence-corrected chi connectivity index (χ4v) is 2.08. The Kier molecular flexibility index (Phi) is 5.45. The van der Waals surface area contributed by atoms with Crippen LogP contribution in [0.15, 0.2) is 17.5 Å². The van der Waals surface area contributed by atoms with Crippen LogP contribution in [-0.2, 0) is 9.53 Å². The molecule has 1 heterocycles. The molecule has 90 valence electrons. The summed E-state index contributed by atoms with van der Waals surface area (Å²) in [6.07, 6.45) is 0.830. The van der Waals surface area contributed by atoms with Crippen LogP contribution >= 0.6 is 11.3 Å². The third kappa shape index (κ3) is 3.59. The van der Waals surface area contributed by atoms with Gasteiger partial charge in [0.25, 0.3) is 0 Å². The largest absolute Gasteiger partial charge is 0.383 e. The van der Waals surface area contributed by atoms with E-state index in [1.54, 1.807) is 7.11 Å². The first-order valence-corrected chi connectivity index (χ1v) is 6.15. The summed E-state index contributed by atoms with van der Waals surface area (Å²) in [5, 5.41) is 4.79. The number of thiophene rings is 1. The Bertz CT molecular complexity index is 314. The van der Waals surface area contributed by atoms with E-state index in [1.165, 1.54) is 11.3 Å². The molecule has 1 amide bonds. The number of hydrogen-bond acceptors (Lipinski definition) is 4. The molecule has 2 atom stereocenters. The normalized spacial score (nSPS) is 14.4. The SMILES string of the molecule is CCC(COC)NC(=O)C(N)c1cccs1. The molecule has 0 saturated heterocycles. The third-order valence-electron chi connectivity index (χ3n) is 2.34. The summed E-state index contributed by atoms with van der Waals surface area (Å²) in [7, 11) is 1.62. The van der Waals surface area contributed by atoms with Crippen molar-refractivity contribution >= 4 is 17.2 Å². The maximum atomic E-state index is 11.8. The number of methoxy groups -OCH3 is 1. The Morgan fingerprint density at radius 1 is 1.69 bits per heavy atom. The van der Waals surface area contributed by atoms with Gasteiger partial charge in [0.1, 0.15) is 6.04 Å². The molecule has 0 aliphatic rings. The van der Waals surface area contributed by atoms with Crippen molar-refractivity contribution < 1.29 is 9.53 Å². The molecular formula is C11H18N2O2S. The van der Waals surface area contributed by atoms with Gasteiger partial charge in [0.15, 0.2) is 0 Å². The predicted molar refractivity (Wildman–Crippen MR) is 65.3 cm³/mol. The van der Waals surface area contributed by atoms with Crippen molar-refractivity contribution in [1.29, 1.82) is 0 Å². The van der Waals surface area contributed by atoms with Crippen LogP contribution in [-0.4, -0.2) is 25.7 Å². The molecule has 4 nitrogen and oxygen atoms in total. The minimum atomic E-state index is -0.578. The molecule has 0 spiro atoms. The van der Waals surface area contributed by atoms with Crippen molar-refractivity contribution in [2.24, 2.45) is 5.73 Å². The second-order valence-corrected chi connectivity index (χ2v) is 4.54. The number of hydrogen-bond donors (Lipinski definition) is 2.